The third kappa shape index (κ3) is 3.24. The Bertz CT molecular complexity index is 594. The van der Waals surface area contributed by atoms with Crippen molar-refractivity contribution in [3.8, 4) is 0 Å². The first-order valence-corrected chi connectivity index (χ1v) is 5.69. The van der Waals surface area contributed by atoms with Gasteiger partial charge in [0.15, 0.2) is 0 Å². The summed E-state index contributed by atoms with van der Waals surface area (Å²) in [6.45, 7) is 0.230. The summed E-state index contributed by atoms with van der Waals surface area (Å²) < 4.78 is 51.5. The maximum absolute atomic E-state index is 13.1. The van der Waals surface area contributed by atoms with Crippen LogP contribution in [0.1, 0.15) is 11.3 Å². The quantitative estimate of drug-likeness (QED) is 0.849. The van der Waals surface area contributed by atoms with Gasteiger partial charge >= 0.3 is 6.18 Å². The van der Waals surface area contributed by atoms with E-state index in [0.29, 0.717) is 17.4 Å². The van der Waals surface area contributed by atoms with Gasteiger partial charge in [-0.2, -0.15) is 13.2 Å². The highest BCUT2D eigenvalue weighted by atomic mass is 19.4. The molecule has 1 heterocycles. The molecule has 0 radical (unpaired) electrons. The van der Waals surface area contributed by atoms with Gasteiger partial charge in [-0.05, 0) is 30.3 Å². The number of aromatic nitrogens is 1. The molecule has 0 aliphatic rings. The first kappa shape index (κ1) is 14.3. The lowest BCUT2D eigenvalue weighted by molar-refractivity contribution is -0.136. The standard InChI is InChI=1S/C13H11F4N3/c14-8-1-4-11(13(15,16)17)12(5-8)20-10-3-2-9(6-18)19-7-10/h1-5,7,20H,6,18H2. The van der Waals surface area contributed by atoms with Gasteiger partial charge in [0.05, 0.1) is 28.8 Å². The highest BCUT2D eigenvalue weighted by Crippen LogP contribution is 2.36. The third-order valence-electron chi connectivity index (χ3n) is 2.60. The lowest BCUT2D eigenvalue weighted by atomic mass is 10.1. The molecule has 1 aromatic carbocycles. The molecule has 2 aromatic rings. The molecule has 0 atom stereocenters. The molecule has 0 aliphatic heterocycles. The number of hydrogen-bond acceptors (Lipinski definition) is 3. The van der Waals surface area contributed by atoms with Gasteiger partial charge < -0.3 is 11.1 Å². The van der Waals surface area contributed by atoms with Crippen molar-refractivity contribution in [1.82, 2.24) is 4.98 Å². The van der Waals surface area contributed by atoms with Crippen molar-refractivity contribution in [1.29, 1.82) is 0 Å². The molecule has 0 spiro atoms. The molecule has 0 saturated carbocycles. The van der Waals surface area contributed by atoms with Gasteiger partial charge in [0.2, 0.25) is 0 Å². The molecule has 0 bridgehead atoms. The Hall–Kier alpha value is -2.15. The normalized spacial score (nSPS) is 11.4. The van der Waals surface area contributed by atoms with Crippen molar-refractivity contribution in [3.63, 3.8) is 0 Å². The zero-order valence-corrected chi connectivity index (χ0v) is 10.2. The van der Waals surface area contributed by atoms with Crippen molar-refractivity contribution in [2.75, 3.05) is 5.32 Å². The minimum Gasteiger partial charge on any atom is -0.354 e. The van der Waals surface area contributed by atoms with Crippen molar-refractivity contribution < 1.29 is 17.6 Å². The molecular weight excluding hydrogens is 274 g/mol. The van der Waals surface area contributed by atoms with Crippen molar-refractivity contribution >= 4 is 11.4 Å². The number of anilines is 2. The summed E-state index contributed by atoms with van der Waals surface area (Å²) in [5.41, 5.74) is 4.99. The third-order valence-corrected chi connectivity index (χ3v) is 2.60. The minimum absolute atomic E-state index is 0.230. The Morgan fingerprint density at radius 2 is 1.90 bits per heavy atom. The fraction of sp³-hybridized carbons (Fsp3) is 0.154. The topological polar surface area (TPSA) is 50.9 Å². The van der Waals surface area contributed by atoms with Crippen molar-refractivity contribution in [3.05, 3.63) is 53.6 Å². The van der Waals surface area contributed by atoms with E-state index in [1.807, 2.05) is 0 Å². The first-order chi connectivity index (χ1) is 9.40. The van der Waals surface area contributed by atoms with Crippen LogP contribution in [0.2, 0.25) is 0 Å². The Labute approximate surface area is 112 Å². The number of nitrogens with one attached hydrogen (secondary N) is 1. The van der Waals surface area contributed by atoms with Crippen LogP contribution in [-0.2, 0) is 12.7 Å². The smallest absolute Gasteiger partial charge is 0.354 e. The Morgan fingerprint density at radius 3 is 2.45 bits per heavy atom. The molecule has 0 aliphatic carbocycles. The first-order valence-electron chi connectivity index (χ1n) is 5.69. The summed E-state index contributed by atoms with van der Waals surface area (Å²) in [5, 5.41) is 2.51. The molecule has 1 aromatic heterocycles. The van der Waals surface area contributed by atoms with Crippen LogP contribution in [0.25, 0.3) is 0 Å². The summed E-state index contributed by atoms with van der Waals surface area (Å²) in [4.78, 5) is 3.95. The number of rotatable bonds is 3. The molecule has 0 unspecified atom stereocenters. The van der Waals surface area contributed by atoms with E-state index in [1.54, 1.807) is 6.07 Å². The SMILES string of the molecule is NCc1ccc(Nc2cc(F)ccc2C(F)(F)F)cn1. The second kappa shape index (κ2) is 5.46. The highest BCUT2D eigenvalue weighted by Gasteiger charge is 2.33. The second-order valence-electron chi connectivity index (χ2n) is 4.06. The van der Waals surface area contributed by atoms with Crippen molar-refractivity contribution in [2.24, 2.45) is 5.73 Å². The molecule has 0 fully saturated rings. The Morgan fingerprint density at radius 1 is 1.15 bits per heavy atom. The number of nitrogens with zero attached hydrogens (tertiary/aromatic N) is 1. The van der Waals surface area contributed by atoms with Crippen molar-refractivity contribution in [2.45, 2.75) is 12.7 Å². The van der Waals surface area contributed by atoms with E-state index in [4.69, 9.17) is 5.73 Å². The van der Waals surface area contributed by atoms with Gasteiger partial charge in [0.1, 0.15) is 5.82 Å². The van der Waals surface area contributed by atoms with Gasteiger partial charge in [0.25, 0.3) is 0 Å². The predicted molar refractivity (Wildman–Crippen MR) is 66.8 cm³/mol. The molecule has 20 heavy (non-hydrogen) atoms. The van der Waals surface area contributed by atoms with E-state index < -0.39 is 17.6 Å². The molecule has 0 amide bonds. The zero-order valence-electron chi connectivity index (χ0n) is 10.2. The summed E-state index contributed by atoms with van der Waals surface area (Å²) in [5.74, 6) is -0.757. The number of halogens is 4. The second-order valence-corrected chi connectivity index (χ2v) is 4.06. The van der Waals surface area contributed by atoms with Crippen LogP contribution in [-0.4, -0.2) is 4.98 Å². The number of hydrogen-bond donors (Lipinski definition) is 2. The predicted octanol–water partition coefficient (Wildman–Crippen LogP) is 3.44. The highest BCUT2D eigenvalue weighted by molar-refractivity contribution is 5.63. The maximum Gasteiger partial charge on any atom is 0.418 e. The van der Waals surface area contributed by atoms with Crippen LogP contribution in [0.3, 0.4) is 0 Å². The van der Waals surface area contributed by atoms with E-state index in [1.165, 1.54) is 12.3 Å². The summed E-state index contributed by atoms with van der Waals surface area (Å²) >= 11 is 0. The Balaban J connectivity index is 2.34. The van der Waals surface area contributed by atoms with E-state index in [2.05, 4.69) is 10.3 Å². The number of alkyl halides is 3. The van der Waals surface area contributed by atoms with E-state index in [-0.39, 0.29) is 12.2 Å². The van der Waals surface area contributed by atoms with Gasteiger partial charge in [-0.3, -0.25) is 4.98 Å². The van der Waals surface area contributed by atoms with Crippen LogP contribution >= 0.6 is 0 Å². The largest absolute Gasteiger partial charge is 0.418 e. The van der Waals surface area contributed by atoms with E-state index in [9.17, 15) is 17.6 Å². The number of nitrogens with two attached hydrogens (primary N) is 1. The van der Waals surface area contributed by atoms with Gasteiger partial charge in [-0.25, -0.2) is 4.39 Å². The molecular formula is C13H11F4N3. The molecule has 2 rings (SSSR count). The molecule has 0 saturated heterocycles. The minimum atomic E-state index is -4.57. The summed E-state index contributed by atoms with van der Waals surface area (Å²) in [6.07, 6.45) is -3.23. The van der Waals surface area contributed by atoms with Crippen LogP contribution < -0.4 is 11.1 Å². The Kier molecular flexibility index (Phi) is 3.89. The van der Waals surface area contributed by atoms with Crippen LogP contribution in [0.4, 0.5) is 28.9 Å². The average molecular weight is 285 g/mol. The number of pyridine rings is 1. The maximum atomic E-state index is 13.1. The monoisotopic (exact) mass is 285 g/mol. The van der Waals surface area contributed by atoms with Crippen LogP contribution in [0, 0.1) is 5.82 Å². The average Bonchev–Trinajstić information content (AvgIpc) is 2.38. The molecule has 106 valence electrons. The van der Waals surface area contributed by atoms with Gasteiger partial charge in [0, 0.05) is 6.54 Å². The van der Waals surface area contributed by atoms with Crippen LogP contribution in [0.5, 0.6) is 0 Å². The van der Waals surface area contributed by atoms with E-state index in [0.717, 1.165) is 12.1 Å². The molecule has 7 heteroatoms. The number of benzene rings is 1. The van der Waals surface area contributed by atoms with Gasteiger partial charge in [-0.15, -0.1) is 0 Å². The van der Waals surface area contributed by atoms with E-state index >= 15 is 0 Å². The zero-order chi connectivity index (χ0) is 14.8. The molecule has 3 nitrogen and oxygen atoms in total. The molecule has 3 N–H and O–H groups in total. The lowest BCUT2D eigenvalue weighted by Gasteiger charge is -2.14. The summed E-state index contributed by atoms with van der Waals surface area (Å²) in [6, 6.07) is 5.36. The summed E-state index contributed by atoms with van der Waals surface area (Å²) in [7, 11) is 0. The van der Waals surface area contributed by atoms with Gasteiger partial charge in [-0.1, -0.05) is 0 Å². The van der Waals surface area contributed by atoms with Crippen LogP contribution in [0.15, 0.2) is 36.5 Å². The fourth-order valence-corrected chi connectivity index (χ4v) is 1.64. The fourth-order valence-electron chi connectivity index (χ4n) is 1.64. The lowest BCUT2D eigenvalue weighted by Crippen LogP contribution is -2.09.